The van der Waals surface area contributed by atoms with Crippen LogP contribution in [0.4, 0.5) is 0 Å². The zero-order chi connectivity index (χ0) is 22.1. The molecule has 5 heteroatoms. The minimum absolute atomic E-state index is 0.0932. The van der Waals surface area contributed by atoms with Crippen molar-refractivity contribution in [1.29, 1.82) is 0 Å². The molecule has 0 aliphatic heterocycles. The third-order valence-electron chi connectivity index (χ3n) is 6.16. The third kappa shape index (κ3) is 3.82. The van der Waals surface area contributed by atoms with Crippen molar-refractivity contribution < 1.29 is 4.79 Å². The van der Waals surface area contributed by atoms with Gasteiger partial charge in [0.2, 0.25) is 5.91 Å². The van der Waals surface area contributed by atoms with E-state index in [0.717, 1.165) is 40.9 Å². The molecule has 4 aromatic rings. The summed E-state index contributed by atoms with van der Waals surface area (Å²) in [4.78, 5) is 17.4. The molecule has 0 unspecified atom stereocenters. The Morgan fingerprint density at radius 3 is 2.34 bits per heavy atom. The number of benzene rings is 2. The van der Waals surface area contributed by atoms with E-state index in [1.54, 1.807) is 12.4 Å². The smallest absolute Gasteiger partial charge is 0.230 e. The first-order valence-corrected chi connectivity index (χ1v) is 11.0. The quantitative estimate of drug-likeness (QED) is 0.481. The van der Waals surface area contributed by atoms with Gasteiger partial charge < -0.3 is 5.32 Å². The Hall–Kier alpha value is -3.73. The fourth-order valence-corrected chi connectivity index (χ4v) is 4.37. The summed E-state index contributed by atoms with van der Waals surface area (Å²) in [6, 6.07) is 20.3. The van der Waals surface area contributed by atoms with Crippen LogP contribution < -0.4 is 5.32 Å². The molecule has 1 amide bonds. The summed E-state index contributed by atoms with van der Waals surface area (Å²) < 4.78 is 1.87. The molecule has 2 heterocycles. The van der Waals surface area contributed by atoms with Gasteiger partial charge >= 0.3 is 0 Å². The zero-order valence-corrected chi connectivity index (χ0v) is 18.4. The fourth-order valence-electron chi connectivity index (χ4n) is 4.37. The van der Waals surface area contributed by atoms with E-state index in [4.69, 9.17) is 5.10 Å². The van der Waals surface area contributed by atoms with Crippen molar-refractivity contribution >= 4 is 5.91 Å². The van der Waals surface area contributed by atoms with Crippen LogP contribution in [0.25, 0.3) is 16.9 Å². The van der Waals surface area contributed by atoms with Crippen LogP contribution in [0.1, 0.15) is 35.1 Å². The number of hydrogen-bond acceptors (Lipinski definition) is 3. The first-order valence-electron chi connectivity index (χ1n) is 11.0. The highest BCUT2D eigenvalue weighted by atomic mass is 16.2. The summed E-state index contributed by atoms with van der Waals surface area (Å²) in [7, 11) is 0. The van der Waals surface area contributed by atoms with Crippen LogP contribution in [0.3, 0.4) is 0 Å². The Kier molecular flexibility index (Phi) is 5.10. The number of nitrogens with one attached hydrogen (secondary N) is 1. The molecular weight excluding hydrogens is 396 g/mol. The molecule has 1 aliphatic rings. The van der Waals surface area contributed by atoms with Crippen molar-refractivity contribution in [2.45, 2.75) is 38.6 Å². The van der Waals surface area contributed by atoms with Crippen LogP contribution in [-0.2, 0) is 16.8 Å². The van der Waals surface area contributed by atoms with E-state index in [-0.39, 0.29) is 5.91 Å². The largest absolute Gasteiger partial charge is 0.351 e. The molecule has 0 bridgehead atoms. The van der Waals surface area contributed by atoms with Gasteiger partial charge in [0.05, 0.1) is 16.8 Å². The number of rotatable bonds is 6. The summed E-state index contributed by atoms with van der Waals surface area (Å²) in [6.45, 7) is 4.60. The Labute approximate surface area is 188 Å². The lowest BCUT2D eigenvalue weighted by molar-refractivity contribution is -0.123. The van der Waals surface area contributed by atoms with Crippen molar-refractivity contribution in [2.24, 2.45) is 0 Å². The molecule has 5 nitrogen and oxygen atoms in total. The number of aromatic nitrogens is 3. The number of hydrogen-bond donors (Lipinski definition) is 1. The van der Waals surface area contributed by atoms with Crippen molar-refractivity contribution in [2.75, 3.05) is 0 Å². The topological polar surface area (TPSA) is 59.8 Å². The second-order valence-electron chi connectivity index (χ2n) is 8.66. The predicted octanol–water partition coefficient (Wildman–Crippen LogP) is 4.90. The van der Waals surface area contributed by atoms with Crippen LogP contribution in [0.15, 0.2) is 79.3 Å². The summed E-state index contributed by atoms with van der Waals surface area (Å²) in [5.74, 6) is 0.0932. The summed E-state index contributed by atoms with van der Waals surface area (Å²) in [6.07, 6.45) is 7.31. The molecular formula is C27H26N4O. The molecule has 32 heavy (non-hydrogen) atoms. The van der Waals surface area contributed by atoms with Gasteiger partial charge in [-0.15, -0.1) is 0 Å². The van der Waals surface area contributed by atoms with E-state index in [0.29, 0.717) is 6.54 Å². The van der Waals surface area contributed by atoms with Crippen molar-refractivity contribution in [3.8, 4) is 16.9 Å². The van der Waals surface area contributed by atoms with Crippen molar-refractivity contribution in [1.82, 2.24) is 20.1 Å². The SMILES string of the molecule is Cc1cc(C)cc(C2(C(=O)NCc3cn(-c4ccccc4)nc3-c3ccncc3)CC2)c1. The Bertz CT molecular complexity index is 1240. The van der Waals surface area contributed by atoms with E-state index in [1.807, 2.05) is 53.3 Å². The summed E-state index contributed by atoms with van der Waals surface area (Å²) in [5, 5.41) is 8.03. The van der Waals surface area contributed by atoms with Crippen LogP contribution in [0.5, 0.6) is 0 Å². The highest BCUT2D eigenvalue weighted by Crippen LogP contribution is 2.49. The van der Waals surface area contributed by atoms with E-state index in [2.05, 4.69) is 42.3 Å². The second kappa shape index (κ2) is 8.08. The average Bonchev–Trinajstić information content (AvgIpc) is 3.52. The molecule has 2 aromatic heterocycles. The summed E-state index contributed by atoms with van der Waals surface area (Å²) in [5.41, 5.74) is 6.91. The maximum Gasteiger partial charge on any atom is 0.230 e. The highest BCUT2D eigenvalue weighted by molar-refractivity contribution is 5.91. The van der Waals surface area contributed by atoms with Crippen LogP contribution in [0.2, 0.25) is 0 Å². The molecule has 1 fully saturated rings. The van der Waals surface area contributed by atoms with Crippen molar-refractivity contribution in [3.63, 3.8) is 0 Å². The van der Waals surface area contributed by atoms with Gasteiger partial charge in [0.25, 0.3) is 0 Å². The molecule has 160 valence electrons. The van der Waals surface area contributed by atoms with Gasteiger partial charge in [0, 0.05) is 36.3 Å². The van der Waals surface area contributed by atoms with Crippen LogP contribution in [-0.4, -0.2) is 20.7 Å². The van der Waals surface area contributed by atoms with Gasteiger partial charge in [0.15, 0.2) is 0 Å². The second-order valence-corrected chi connectivity index (χ2v) is 8.66. The lowest BCUT2D eigenvalue weighted by Crippen LogP contribution is -2.34. The third-order valence-corrected chi connectivity index (χ3v) is 6.16. The molecule has 5 rings (SSSR count). The Balaban J connectivity index is 1.42. The van der Waals surface area contributed by atoms with Crippen LogP contribution in [0, 0.1) is 13.8 Å². The number of pyridine rings is 1. The number of aryl methyl sites for hydroxylation is 2. The van der Waals surface area contributed by atoms with Gasteiger partial charge in [-0.1, -0.05) is 47.5 Å². The average molecular weight is 423 g/mol. The lowest BCUT2D eigenvalue weighted by Gasteiger charge is -2.17. The van der Waals surface area contributed by atoms with E-state index < -0.39 is 5.41 Å². The van der Waals surface area contributed by atoms with E-state index in [9.17, 15) is 4.79 Å². The first-order chi connectivity index (χ1) is 15.5. The van der Waals surface area contributed by atoms with Gasteiger partial charge in [-0.2, -0.15) is 5.10 Å². The van der Waals surface area contributed by atoms with E-state index in [1.165, 1.54) is 11.1 Å². The zero-order valence-electron chi connectivity index (χ0n) is 18.4. The van der Waals surface area contributed by atoms with Gasteiger partial charge in [-0.3, -0.25) is 9.78 Å². The minimum atomic E-state index is -0.400. The number of nitrogens with zero attached hydrogens (tertiary/aromatic N) is 3. The van der Waals surface area contributed by atoms with Gasteiger partial charge in [-0.05, 0) is 56.5 Å². The normalized spacial score (nSPS) is 14.2. The minimum Gasteiger partial charge on any atom is -0.351 e. The van der Waals surface area contributed by atoms with Gasteiger partial charge in [-0.25, -0.2) is 4.68 Å². The predicted molar refractivity (Wildman–Crippen MR) is 125 cm³/mol. The Morgan fingerprint density at radius 1 is 1.00 bits per heavy atom. The van der Waals surface area contributed by atoms with Crippen molar-refractivity contribution in [3.05, 3.63) is 102 Å². The van der Waals surface area contributed by atoms with Crippen LogP contribution >= 0.6 is 0 Å². The molecule has 1 aliphatic carbocycles. The molecule has 1 N–H and O–H groups in total. The number of carbonyl (C=O) groups excluding carboxylic acids is 1. The lowest BCUT2D eigenvalue weighted by atomic mass is 9.92. The maximum absolute atomic E-state index is 13.3. The Morgan fingerprint density at radius 2 is 1.69 bits per heavy atom. The molecule has 0 saturated heterocycles. The highest BCUT2D eigenvalue weighted by Gasteiger charge is 2.51. The number of para-hydroxylation sites is 1. The fraction of sp³-hybridized carbons (Fsp3) is 0.222. The maximum atomic E-state index is 13.3. The molecule has 1 saturated carbocycles. The standard InChI is InChI=1S/C27H26N4O/c1-19-14-20(2)16-23(15-19)27(10-11-27)26(32)29-17-22-18-31(24-6-4-3-5-7-24)30-25(22)21-8-12-28-13-9-21/h3-9,12-16,18H,10-11,17H2,1-2H3,(H,29,32). The number of carbonyl (C=O) groups is 1. The van der Waals surface area contributed by atoms with Gasteiger partial charge in [0.1, 0.15) is 0 Å². The molecule has 0 radical (unpaired) electrons. The summed E-state index contributed by atoms with van der Waals surface area (Å²) >= 11 is 0. The molecule has 2 aromatic carbocycles. The van der Waals surface area contributed by atoms with E-state index >= 15 is 0 Å². The number of amides is 1. The molecule has 0 atom stereocenters. The first kappa shape index (κ1) is 20.2. The molecule has 0 spiro atoms. The monoisotopic (exact) mass is 422 g/mol.